The number of carboxylic acids is 1. The molecule has 93 heavy (non-hydrogen) atoms. The number of thiol groups is 1. The highest BCUT2D eigenvalue weighted by atomic mass is 35.5. The number of primary amides is 1. The number of nitrogens with one attached hydrogen (secondary N) is 10. The van der Waals surface area contributed by atoms with E-state index in [0.29, 0.717) is 24.9 Å². The van der Waals surface area contributed by atoms with Crippen LogP contribution in [0.5, 0.6) is 0 Å². The largest absolute Gasteiger partial charge is 0.481 e. The summed E-state index contributed by atoms with van der Waals surface area (Å²) in [5.41, 5.74) is 22.2. The molecule has 0 bridgehead atoms. The molecule has 1 aromatic carbocycles. The van der Waals surface area contributed by atoms with Crippen molar-refractivity contribution in [3.8, 4) is 0 Å². The molecule has 0 fully saturated rings. The third-order valence-corrected chi connectivity index (χ3v) is 15.4. The summed E-state index contributed by atoms with van der Waals surface area (Å²) in [6.45, 7) is 11.0. The Morgan fingerprint density at radius 1 is 0.570 bits per heavy atom. The van der Waals surface area contributed by atoms with E-state index in [2.05, 4.69) is 70.8 Å². The van der Waals surface area contributed by atoms with Gasteiger partial charge in [0.05, 0.1) is 52.6 Å². The fraction of sp³-hybridized carbons (Fsp3) is 0.667. The van der Waals surface area contributed by atoms with E-state index in [9.17, 15) is 62.6 Å². The van der Waals surface area contributed by atoms with Gasteiger partial charge in [0.2, 0.25) is 59.1 Å². The number of nitrogens with zero attached hydrogens (tertiary/aromatic N) is 1. The molecule has 0 saturated carbocycles. The van der Waals surface area contributed by atoms with Gasteiger partial charge in [-0.25, -0.2) is 0 Å². The number of guanidine groups is 1. The minimum absolute atomic E-state index is 0.0172. The number of benzene rings is 1. The fourth-order valence-corrected chi connectivity index (χ4v) is 10.0. The second-order valence-electron chi connectivity index (χ2n) is 22.5. The molecule has 0 heterocycles. The maximum absolute atomic E-state index is 14.3. The van der Waals surface area contributed by atoms with Gasteiger partial charge in [-0.05, 0) is 44.2 Å². The van der Waals surface area contributed by atoms with Gasteiger partial charge in [-0.3, -0.25) is 62.5 Å². The number of ether oxygens (including phenoxy) is 4. The van der Waals surface area contributed by atoms with Crippen LogP contribution < -0.4 is 76.1 Å². The van der Waals surface area contributed by atoms with Crippen LogP contribution in [0.15, 0.2) is 35.3 Å². The van der Waals surface area contributed by atoms with Crippen LogP contribution in [-0.2, 0) is 82.9 Å². The molecule has 1 unspecified atom stereocenters. The van der Waals surface area contributed by atoms with Crippen molar-refractivity contribution in [1.82, 2.24) is 53.2 Å². The standard InChI is InChI=1S/C57H96ClN15O17S3/c1-56(2,3)92-34-41(72-49(82)37(15-10-11-17-59)67-43(75)29-58)52(85)69-36(16-12-18-65-55(61)62)47(80)66-30-44(76)68-39(28-46(78)79)51(84)73-54(93-57(4,5)6)53(86)70-38(27-35-13-8-7-9-14-35)50(83)71-40(33-91)48(81)64-20-22-88-24-26-89-25-23-87-21-19-63-45(77)32-90-31-42(60)74/h7-9,13-14,36-41,54,91H,10-12,15-34,59H2,1-6H3,(H2,60,74)(H,63,77)(H,64,81)(H,66,80)(H,67,75)(H,68,76)(H,69,85)(H,70,86)(H,71,83)(H,72,82)(H,73,84)(H,78,79)(H4,61,62,65)/t36-,37-,38-,39-,40-,41-,54?/m0/s1. The molecule has 0 aliphatic heterocycles. The number of carbonyl (C=O) groups is 12. The molecule has 19 N–H and O–H groups in total. The predicted molar refractivity (Wildman–Crippen MR) is 354 cm³/mol. The zero-order chi connectivity index (χ0) is 69.9. The second kappa shape index (κ2) is 47.2. The molecule has 0 aromatic heterocycles. The summed E-state index contributed by atoms with van der Waals surface area (Å²) in [6, 6.07) is 0.434. The smallest absolute Gasteiger partial charge is 0.305 e. The van der Waals surface area contributed by atoms with Crippen molar-refractivity contribution in [2.45, 2.75) is 138 Å². The minimum atomic E-state index is -1.84. The van der Waals surface area contributed by atoms with Crippen molar-refractivity contribution in [2.24, 2.45) is 27.9 Å². The lowest BCUT2D eigenvalue weighted by atomic mass is 10.0. The number of rotatable bonds is 49. The third-order valence-electron chi connectivity index (χ3n) is 12.1. The first-order valence-corrected chi connectivity index (χ1v) is 32.9. The van der Waals surface area contributed by atoms with Crippen molar-refractivity contribution in [1.29, 1.82) is 0 Å². The quantitative estimate of drug-likeness (QED) is 0.00747. The zero-order valence-corrected chi connectivity index (χ0v) is 56.9. The van der Waals surface area contributed by atoms with Crippen LogP contribution in [-0.4, -0.2) is 236 Å². The molecule has 1 aromatic rings. The summed E-state index contributed by atoms with van der Waals surface area (Å²) >= 11 is 12.3. The molecule has 11 amide bonds. The summed E-state index contributed by atoms with van der Waals surface area (Å²) in [4.78, 5) is 162. The number of aliphatic imine (C=N–C) groups is 1. The average molecular weight is 1400 g/mol. The highest BCUT2D eigenvalue weighted by Gasteiger charge is 2.36. The number of halogens is 1. The van der Waals surface area contributed by atoms with Crippen molar-refractivity contribution in [3.05, 3.63) is 35.9 Å². The normalized spacial score (nSPS) is 13.6. The Morgan fingerprint density at radius 2 is 1.10 bits per heavy atom. The lowest BCUT2D eigenvalue weighted by molar-refractivity contribution is -0.141. The van der Waals surface area contributed by atoms with E-state index in [1.807, 2.05) is 20.8 Å². The summed E-state index contributed by atoms with van der Waals surface area (Å²) < 4.78 is 20.0. The number of amides is 11. The number of carbonyl (C=O) groups excluding carboxylic acids is 11. The Balaban J connectivity index is 3.19. The first-order chi connectivity index (χ1) is 43.9. The number of alkyl halides is 1. The molecule has 36 heteroatoms. The zero-order valence-electron chi connectivity index (χ0n) is 53.6. The highest BCUT2D eigenvalue weighted by molar-refractivity contribution is 8.01. The lowest BCUT2D eigenvalue weighted by Gasteiger charge is -2.29. The minimum Gasteiger partial charge on any atom is -0.481 e. The molecule has 0 radical (unpaired) electrons. The van der Waals surface area contributed by atoms with Gasteiger partial charge in [0.15, 0.2) is 11.3 Å². The van der Waals surface area contributed by atoms with Gasteiger partial charge in [0.25, 0.3) is 5.91 Å². The van der Waals surface area contributed by atoms with Crippen LogP contribution in [0.25, 0.3) is 0 Å². The highest BCUT2D eigenvalue weighted by Crippen LogP contribution is 2.28. The number of nitrogens with two attached hydrogens (primary N) is 4. The number of thioether (sulfide) groups is 2. The van der Waals surface area contributed by atoms with Crippen LogP contribution >= 0.6 is 47.8 Å². The summed E-state index contributed by atoms with van der Waals surface area (Å²) in [7, 11) is 0. The third kappa shape index (κ3) is 41.6. The van der Waals surface area contributed by atoms with Crippen LogP contribution in [0.1, 0.15) is 85.6 Å². The van der Waals surface area contributed by atoms with Crippen molar-refractivity contribution in [2.75, 3.05) is 103 Å². The molecule has 32 nitrogen and oxygen atoms in total. The Labute approximate surface area is 561 Å². The Bertz CT molecular complexity index is 2570. The average Bonchev–Trinajstić information content (AvgIpc) is 0.946. The fourth-order valence-electron chi connectivity index (χ4n) is 7.72. The van der Waals surface area contributed by atoms with Gasteiger partial charge in [-0.1, -0.05) is 71.9 Å². The van der Waals surface area contributed by atoms with Gasteiger partial charge in [0.1, 0.15) is 55.3 Å². The molecule has 0 aliphatic carbocycles. The molecule has 0 spiro atoms. The van der Waals surface area contributed by atoms with E-state index in [-0.39, 0.29) is 116 Å². The van der Waals surface area contributed by atoms with Crippen molar-refractivity contribution >= 4 is 125 Å². The van der Waals surface area contributed by atoms with Crippen molar-refractivity contribution in [3.63, 3.8) is 0 Å². The van der Waals surface area contributed by atoms with Crippen LogP contribution in [0.2, 0.25) is 0 Å². The molecular formula is C57H96ClN15O17S3. The monoisotopic (exact) mass is 1390 g/mol. The van der Waals surface area contributed by atoms with Crippen LogP contribution in [0.4, 0.5) is 0 Å². The molecule has 7 atom stereocenters. The number of carboxylic acid groups (broad SMARTS) is 1. The first-order valence-electron chi connectivity index (χ1n) is 29.9. The van der Waals surface area contributed by atoms with Crippen LogP contribution in [0, 0.1) is 0 Å². The molecule has 0 saturated heterocycles. The summed E-state index contributed by atoms with van der Waals surface area (Å²) in [5.74, 6) is -11.0. The number of aliphatic carboxylic acids is 1. The predicted octanol–water partition coefficient (Wildman–Crippen LogP) is -3.63. The van der Waals surface area contributed by atoms with Gasteiger partial charge in [0, 0.05) is 47.1 Å². The Hall–Kier alpha value is -6.73. The van der Waals surface area contributed by atoms with E-state index >= 15 is 0 Å². The van der Waals surface area contributed by atoms with E-state index in [1.54, 1.807) is 51.1 Å². The first kappa shape index (κ1) is 84.3. The Kier molecular flexibility index (Phi) is 42.8. The number of hydrogen-bond acceptors (Lipinski definition) is 21. The van der Waals surface area contributed by atoms with E-state index in [1.165, 1.54) is 11.8 Å². The maximum atomic E-state index is 14.3. The van der Waals surface area contributed by atoms with E-state index in [0.717, 1.165) is 11.8 Å². The van der Waals surface area contributed by atoms with Gasteiger partial charge in [-0.2, -0.15) is 24.4 Å². The maximum Gasteiger partial charge on any atom is 0.305 e. The molecule has 526 valence electrons. The molecular weight excluding hydrogens is 1300 g/mol. The Morgan fingerprint density at radius 3 is 1.67 bits per heavy atom. The number of unbranched alkanes of at least 4 members (excludes halogenated alkanes) is 1. The van der Waals surface area contributed by atoms with E-state index in [4.69, 9.17) is 53.5 Å². The van der Waals surface area contributed by atoms with Crippen molar-refractivity contribution < 1.29 is 81.6 Å². The van der Waals surface area contributed by atoms with Gasteiger partial charge < -0.3 is 100 Å². The second-order valence-corrected chi connectivity index (χ2v) is 26.9. The lowest BCUT2D eigenvalue weighted by Crippen LogP contribution is -2.59. The summed E-state index contributed by atoms with van der Waals surface area (Å²) in [5, 5.41) is 33.9. The SMILES string of the molecule is CC(C)(C)SC[C@H](NC(=O)[C@H](CCCCN)NC(=O)CCl)C(=O)N[C@@H](CCCN=C(N)N)C(=O)NCC(=O)N[C@@H](CC(=O)O)C(=O)NC(SC(C)(C)C)C(=O)N[C@@H](Cc1ccccc1)C(=O)N[C@@H](CS)C(=O)NCCOCCOCCOCCNC(=O)COCC(N)=O. The van der Waals surface area contributed by atoms with Gasteiger partial charge >= 0.3 is 5.97 Å². The molecule has 0 aliphatic rings. The summed E-state index contributed by atoms with van der Waals surface area (Å²) in [6.07, 6.45) is 0.121. The van der Waals surface area contributed by atoms with Gasteiger partial charge in [-0.15, -0.1) is 23.4 Å². The topological polar surface area (TPSA) is 499 Å². The van der Waals surface area contributed by atoms with Crippen LogP contribution in [0.3, 0.4) is 0 Å². The van der Waals surface area contributed by atoms with E-state index < -0.39 is 141 Å². The number of hydrogen-bond donors (Lipinski definition) is 16. The molecule has 1 rings (SSSR count).